The van der Waals surface area contributed by atoms with E-state index in [-0.39, 0.29) is 11.7 Å². The number of carbonyl (C=O) groups is 1. The number of ketones is 1. The third-order valence-corrected chi connectivity index (χ3v) is 4.74. The molecule has 24 heavy (non-hydrogen) atoms. The van der Waals surface area contributed by atoms with Gasteiger partial charge in [-0.15, -0.1) is 0 Å². The van der Waals surface area contributed by atoms with Crippen molar-refractivity contribution in [2.75, 3.05) is 20.2 Å². The lowest BCUT2D eigenvalue weighted by molar-refractivity contribution is 0.0807. The summed E-state index contributed by atoms with van der Waals surface area (Å²) in [5.74, 6) is 2.08. The summed E-state index contributed by atoms with van der Waals surface area (Å²) in [6.07, 6.45) is 5.86. The molecule has 0 saturated carbocycles. The molecule has 5 nitrogen and oxygen atoms in total. The molecule has 1 aromatic carbocycles. The Bertz CT molecular complexity index is 695. The molecule has 0 N–H and O–H groups in total. The normalized spacial score (nSPS) is 18.5. The van der Waals surface area contributed by atoms with Crippen LogP contribution in [0.4, 0.5) is 0 Å². The number of likely N-dealkylation sites (tertiary alicyclic amines) is 1. The van der Waals surface area contributed by atoms with E-state index < -0.39 is 0 Å². The van der Waals surface area contributed by atoms with Gasteiger partial charge < -0.3 is 9.30 Å². The molecule has 5 heteroatoms. The van der Waals surface area contributed by atoms with E-state index >= 15 is 0 Å². The first-order chi connectivity index (χ1) is 11.7. The Kier molecular flexibility index (Phi) is 5.30. The van der Waals surface area contributed by atoms with Crippen LogP contribution in [0.2, 0.25) is 0 Å². The topological polar surface area (TPSA) is 47.4 Å². The second-order valence-corrected chi connectivity index (χ2v) is 6.30. The van der Waals surface area contributed by atoms with Crippen molar-refractivity contribution < 1.29 is 9.53 Å². The molecule has 1 saturated heterocycles. The van der Waals surface area contributed by atoms with E-state index in [1.165, 1.54) is 0 Å². The van der Waals surface area contributed by atoms with Gasteiger partial charge >= 0.3 is 0 Å². The van der Waals surface area contributed by atoms with Crippen LogP contribution in [0.5, 0.6) is 5.75 Å². The molecular weight excluding hydrogens is 302 g/mol. The number of aryl methyl sites for hydroxylation is 1. The highest BCUT2D eigenvalue weighted by Gasteiger charge is 2.27. The van der Waals surface area contributed by atoms with Crippen molar-refractivity contribution in [3.05, 3.63) is 48.0 Å². The number of hydrogen-bond donors (Lipinski definition) is 0. The van der Waals surface area contributed by atoms with Gasteiger partial charge in [-0.2, -0.15) is 0 Å². The summed E-state index contributed by atoms with van der Waals surface area (Å²) in [7, 11) is 1.63. The summed E-state index contributed by atoms with van der Waals surface area (Å²) in [6, 6.07) is 7.47. The predicted molar refractivity (Wildman–Crippen MR) is 93.2 cm³/mol. The molecule has 2 heterocycles. The number of hydrogen-bond acceptors (Lipinski definition) is 4. The molecule has 0 bridgehead atoms. The fourth-order valence-corrected chi connectivity index (χ4v) is 3.40. The molecule has 1 atom stereocenters. The van der Waals surface area contributed by atoms with Crippen molar-refractivity contribution in [2.24, 2.45) is 5.92 Å². The van der Waals surface area contributed by atoms with E-state index in [4.69, 9.17) is 4.74 Å². The number of aromatic nitrogens is 2. The maximum absolute atomic E-state index is 12.8. The zero-order chi connectivity index (χ0) is 16.9. The number of Topliss-reactive ketones (excluding diaryl/α,β-unsaturated/α-hetero) is 1. The molecule has 1 aromatic heterocycles. The van der Waals surface area contributed by atoms with Crippen LogP contribution >= 0.6 is 0 Å². The minimum atomic E-state index is 0.0518. The molecule has 1 aliphatic heterocycles. The summed E-state index contributed by atoms with van der Waals surface area (Å²) < 4.78 is 7.40. The smallest absolute Gasteiger partial charge is 0.167 e. The largest absolute Gasteiger partial charge is 0.497 e. The average Bonchev–Trinajstić information content (AvgIpc) is 3.08. The first-order valence-electron chi connectivity index (χ1n) is 8.62. The van der Waals surface area contributed by atoms with Gasteiger partial charge in [0.2, 0.25) is 0 Å². The Morgan fingerprint density at radius 3 is 3.08 bits per heavy atom. The number of ether oxygens (including phenoxy) is 1. The third-order valence-electron chi connectivity index (χ3n) is 4.74. The van der Waals surface area contributed by atoms with E-state index in [9.17, 15) is 4.79 Å². The molecule has 1 fully saturated rings. The molecule has 0 spiro atoms. The zero-order valence-corrected chi connectivity index (χ0v) is 14.4. The number of nitrogens with zero attached hydrogens (tertiary/aromatic N) is 3. The van der Waals surface area contributed by atoms with Crippen LogP contribution in [0.15, 0.2) is 36.7 Å². The Hall–Kier alpha value is -2.14. The minimum Gasteiger partial charge on any atom is -0.497 e. The SMILES string of the molecule is CCn1ccnc1CN1CCCC(C(=O)c2cccc(OC)c2)C1. The van der Waals surface area contributed by atoms with Crippen LogP contribution < -0.4 is 4.74 Å². The van der Waals surface area contributed by atoms with E-state index in [0.29, 0.717) is 0 Å². The number of benzene rings is 1. The summed E-state index contributed by atoms with van der Waals surface area (Å²) in [5.41, 5.74) is 0.747. The van der Waals surface area contributed by atoms with Crippen LogP contribution in [-0.2, 0) is 13.1 Å². The monoisotopic (exact) mass is 327 g/mol. The summed E-state index contributed by atoms with van der Waals surface area (Å²) in [6.45, 7) is 5.68. The Labute approximate surface area is 143 Å². The average molecular weight is 327 g/mol. The first-order valence-corrected chi connectivity index (χ1v) is 8.62. The second-order valence-electron chi connectivity index (χ2n) is 6.30. The van der Waals surface area contributed by atoms with Crippen LogP contribution in [-0.4, -0.2) is 40.4 Å². The van der Waals surface area contributed by atoms with Gasteiger partial charge in [-0.05, 0) is 38.4 Å². The van der Waals surface area contributed by atoms with Crippen LogP contribution in [0.3, 0.4) is 0 Å². The number of carbonyl (C=O) groups excluding carboxylic acids is 1. The van der Waals surface area contributed by atoms with E-state index in [2.05, 4.69) is 21.4 Å². The van der Waals surface area contributed by atoms with Crippen molar-refractivity contribution in [1.29, 1.82) is 0 Å². The Morgan fingerprint density at radius 1 is 1.42 bits per heavy atom. The molecule has 1 unspecified atom stereocenters. The lowest BCUT2D eigenvalue weighted by atomic mass is 9.90. The van der Waals surface area contributed by atoms with E-state index in [1.807, 2.05) is 36.7 Å². The zero-order valence-electron chi connectivity index (χ0n) is 14.4. The van der Waals surface area contributed by atoms with Gasteiger partial charge in [0.1, 0.15) is 11.6 Å². The standard InChI is InChI=1S/C19H25N3O2/c1-3-22-11-9-20-18(22)14-21-10-5-7-16(13-21)19(23)15-6-4-8-17(12-15)24-2/h4,6,8-9,11-12,16H,3,5,7,10,13-14H2,1-2H3. The maximum atomic E-state index is 12.8. The lowest BCUT2D eigenvalue weighted by Gasteiger charge is -2.31. The number of piperidine rings is 1. The highest BCUT2D eigenvalue weighted by molar-refractivity contribution is 5.98. The van der Waals surface area contributed by atoms with Gasteiger partial charge in [0.15, 0.2) is 5.78 Å². The lowest BCUT2D eigenvalue weighted by Crippen LogP contribution is -2.38. The van der Waals surface area contributed by atoms with Crippen molar-refractivity contribution in [1.82, 2.24) is 14.5 Å². The maximum Gasteiger partial charge on any atom is 0.167 e. The molecule has 0 aliphatic carbocycles. The van der Waals surface area contributed by atoms with Gasteiger partial charge in [0.25, 0.3) is 0 Å². The van der Waals surface area contributed by atoms with Gasteiger partial charge in [-0.3, -0.25) is 9.69 Å². The van der Waals surface area contributed by atoms with Crippen molar-refractivity contribution in [2.45, 2.75) is 32.9 Å². The quantitative estimate of drug-likeness (QED) is 0.765. The van der Waals surface area contributed by atoms with E-state index in [0.717, 1.165) is 56.2 Å². The molecular formula is C19H25N3O2. The number of imidazole rings is 1. The van der Waals surface area contributed by atoms with Crippen LogP contribution in [0.25, 0.3) is 0 Å². The minimum absolute atomic E-state index is 0.0518. The fraction of sp³-hybridized carbons (Fsp3) is 0.474. The highest BCUT2D eigenvalue weighted by atomic mass is 16.5. The highest BCUT2D eigenvalue weighted by Crippen LogP contribution is 2.24. The van der Waals surface area contributed by atoms with Gasteiger partial charge in [-0.25, -0.2) is 4.98 Å². The van der Waals surface area contributed by atoms with Gasteiger partial charge in [-0.1, -0.05) is 12.1 Å². The molecule has 2 aromatic rings. The molecule has 0 radical (unpaired) electrons. The summed E-state index contributed by atoms with van der Waals surface area (Å²) in [5, 5.41) is 0. The van der Waals surface area contributed by atoms with Crippen molar-refractivity contribution in [3.8, 4) is 5.75 Å². The first kappa shape index (κ1) is 16.7. The molecule has 3 rings (SSSR count). The van der Waals surface area contributed by atoms with Gasteiger partial charge in [0.05, 0.1) is 13.7 Å². The number of rotatable bonds is 6. The molecule has 128 valence electrons. The van der Waals surface area contributed by atoms with Crippen LogP contribution in [0, 0.1) is 5.92 Å². The Morgan fingerprint density at radius 2 is 2.29 bits per heavy atom. The molecule has 0 amide bonds. The Balaban J connectivity index is 1.67. The summed E-state index contributed by atoms with van der Waals surface area (Å²) >= 11 is 0. The predicted octanol–water partition coefficient (Wildman–Crippen LogP) is 3.01. The fourth-order valence-electron chi connectivity index (χ4n) is 3.40. The second kappa shape index (κ2) is 7.62. The van der Waals surface area contributed by atoms with Crippen molar-refractivity contribution >= 4 is 5.78 Å². The summed E-state index contributed by atoms with van der Waals surface area (Å²) in [4.78, 5) is 19.6. The third kappa shape index (κ3) is 3.67. The molecule has 1 aliphatic rings. The van der Waals surface area contributed by atoms with E-state index in [1.54, 1.807) is 7.11 Å². The van der Waals surface area contributed by atoms with Gasteiger partial charge in [0, 0.05) is 37.0 Å². The van der Waals surface area contributed by atoms with Crippen LogP contribution in [0.1, 0.15) is 35.9 Å². The number of methoxy groups -OCH3 is 1. The van der Waals surface area contributed by atoms with Crippen molar-refractivity contribution in [3.63, 3.8) is 0 Å².